The Kier molecular flexibility index (Phi) is 4.86. The third-order valence-electron chi connectivity index (χ3n) is 3.38. The second-order valence-electron chi connectivity index (χ2n) is 4.67. The minimum absolute atomic E-state index is 0.669. The molecule has 0 radical (unpaired) electrons. The van der Waals surface area contributed by atoms with Gasteiger partial charge in [0.2, 0.25) is 0 Å². The smallest absolute Gasteiger partial charge is 0.0459 e. The van der Waals surface area contributed by atoms with Crippen LogP contribution in [0.3, 0.4) is 0 Å². The van der Waals surface area contributed by atoms with Gasteiger partial charge < -0.3 is 21.3 Å². The molecule has 2 atom stereocenters. The van der Waals surface area contributed by atoms with Crippen molar-refractivity contribution in [3.63, 3.8) is 0 Å². The fourth-order valence-corrected chi connectivity index (χ4v) is 2.40. The predicted octanol–water partition coefficient (Wildman–Crippen LogP) is -0.373. The van der Waals surface area contributed by atoms with E-state index in [4.69, 9.17) is 0 Å². The first-order chi connectivity index (χ1) is 7.45. The molecule has 2 fully saturated rings. The second-order valence-corrected chi connectivity index (χ2v) is 4.67. The van der Waals surface area contributed by atoms with Crippen molar-refractivity contribution in [2.45, 2.75) is 37.8 Å². The summed E-state index contributed by atoms with van der Waals surface area (Å²) in [6.45, 7) is 5.60. The lowest BCUT2D eigenvalue weighted by Gasteiger charge is -2.27. The third kappa shape index (κ3) is 4.07. The van der Waals surface area contributed by atoms with Crippen LogP contribution in [0.5, 0.6) is 0 Å². The van der Waals surface area contributed by atoms with Crippen LogP contribution < -0.4 is 21.3 Å². The first-order valence-corrected chi connectivity index (χ1v) is 6.33. The van der Waals surface area contributed by atoms with E-state index >= 15 is 0 Å². The number of nitrogens with one attached hydrogen (secondary N) is 4. The van der Waals surface area contributed by atoms with Crippen molar-refractivity contribution >= 4 is 0 Å². The Morgan fingerprint density at radius 3 is 1.80 bits per heavy atom. The van der Waals surface area contributed by atoms with E-state index in [2.05, 4.69) is 21.3 Å². The van der Waals surface area contributed by atoms with Gasteiger partial charge in [-0.25, -0.2) is 0 Å². The van der Waals surface area contributed by atoms with Gasteiger partial charge in [-0.05, 0) is 38.8 Å². The number of hydrogen-bond donors (Lipinski definition) is 4. The van der Waals surface area contributed by atoms with Gasteiger partial charge in [0, 0.05) is 31.8 Å². The summed E-state index contributed by atoms with van der Waals surface area (Å²) >= 11 is 0. The normalized spacial score (nSPS) is 32.8. The van der Waals surface area contributed by atoms with E-state index in [1.165, 1.54) is 38.8 Å². The predicted molar refractivity (Wildman–Crippen MR) is 62.9 cm³/mol. The fraction of sp³-hybridized carbons (Fsp3) is 1.00. The Bertz CT molecular complexity index is 144. The zero-order chi connectivity index (χ0) is 10.3. The molecule has 2 unspecified atom stereocenters. The van der Waals surface area contributed by atoms with E-state index in [0.717, 1.165) is 19.8 Å². The molecule has 0 aromatic heterocycles. The Labute approximate surface area is 92.6 Å². The van der Waals surface area contributed by atoms with E-state index in [1.807, 2.05) is 0 Å². The van der Waals surface area contributed by atoms with Gasteiger partial charge in [-0.3, -0.25) is 0 Å². The zero-order valence-electron chi connectivity index (χ0n) is 9.52. The fourth-order valence-electron chi connectivity index (χ4n) is 2.40. The van der Waals surface area contributed by atoms with Crippen molar-refractivity contribution in [1.29, 1.82) is 0 Å². The summed E-state index contributed by atoms with van der Waals surface area (Å²) < 4.78 is 0. The van der Waals surface area contributed by atoms with Gasteiger partial charge in [0.1, 0.15) is 0 Å². The third-order valence-corrected chi connectivity index (χ3v) is 3.38. The molecule has 15 heavy (non-hydrogen) atoms. The average Bonchev–Trinajstić information content (AvgIpc) is 2.32. The molecule has 2 heterocycles. The average molecular weight is 212 g/mol. The highest BCUT2D eigenvalue weighted by Gasteiger charge is 2.14. The molecule has 4 nitrogen and oxygen atoms in total. The van der Waals surface area contributed by atoms with Gasteiger partial charge in [0.25, 0.3) is 0 Å². The van der Waals surface area contributed by atoms with Gasteiger partial charge in [-0.2, -0.15) is 0 Å². The summed E-state index contributed by atoms with van der Waals surface area (Å²) in [4.78, 5) is 0. The highest BCUT2D eigenvalue weighted by molar-refractivity contribution is 4.77. The number of hydrogen-bond acceptors (Lipinski definition) is 4. The van der Waals surface area contributed by atoms with Crippen molar-refractivity contribution in [3.05, 3.63) is 0 Å². The summed E-state index contributed by atoms with van der Waals surface area (Å²) in [5.74, 6) is 0. The minimum Gasteiger partial charge on any atom is -0.315 e. The first kappa shape index (κ1) is 11.3. The Morgan fingerprint density at radius 1 is 0.867 bits per heavy atom. The van der Waals surface area contributed by atoms with Crippen LogP contribution in [0.4, 0.5) is 0 Å². The maximum absolute atomic E-state index is 3.57. The molecule has 2 rings (SSSR count). The SMILES string of the molecule is C1CNCC(NCNC2CCCNC2)C1. The molecule has 4 N–H and O–H groups in total. The lowest BCUT2D eigenvalue weighted by atomic mass is 10.1. The van der Waals surface area contributed by atoms with Gasteiger partial charge >= 0.3 is 0 Å². The van der Waals surface area contributed by atoms with Crippen LogP contribution in [0.15, 0.2) is 0 Å². The Balaban J connectivity index is 1.53. The molecule has 0 aromatic carbocycles. The minimum atomic E-state index is 0.669. The zero-order valence-corrected chi connectivity index (χ0v) is 9.52. The molecular formula is C11H24N4. The number of rotatable bonds is 4. The highest BCUT2D eigenvalue weighted by atomic mass is 15.1. The molecule has 0 saturated carbocycles. The molecule has 0 aromatic rings. The topological polar surface area (TPSA) is 48.1 Å². The summed E-state index contributed by atoms with van der Waals surface area (Å²) in [7, 11) is 0. The van der Waals surface area contributed by atoms with Gasteiger partial charge in [-0.1, -0.05) is 0 Å². The highest BCUT2D eigenvalue weighted by Crippen LogP contribution is 2.02. The molecule has 0 amide bonds. The summed E-state index contributed by atoms with van der Waals surface area (Å²) in [5, 5.41) is 14.0. The maximum atomic E-state index is 3.57. The molecule has 0 spiro atoms. The van der Waals surface area contributed by atoms with E-state index in [0.29, 0.717) is 12.1 Å². The van der Waals surface area contributed by atoms with E-state index in [9.17, 15) is 0 Å². The molecule has 0 aliphatic carbocycles. The van der Waals surface area contributed by atoms with Crippen LogP contribution in [-0.2, 0) is 0 Å². The van der Waals surface area contributed by atoms with Crippen molar-refractivity contribution in [1.82, 2.24) is 21.3 Å². The van der Waals surface area contributed by atoms with E-state index in [-0.39, 0.29) is 0 Å². The van der Waals surface area contributed by atoms with Crippen molar-refractivity contribution in [2.24, 2.45) is 0 Å². The van der Waals surface area contributed by atoms with Crippen LogP contribution in [-0.4, -0.2) is 44.9 Å². The molecule has 0 bridgehead atoms. The second kappa shape index (κ2) is 6.43. The molecular weight excluding hydrogens is 188 g/mol. The Hall–Kier alpha value is -0.160. The van der Waals surface area contributed by atoms with Crippen LogP contribution in [0.1, 0.15) is 25.7 Å². The molecule has 2 aliphatic rings. The van der Waals surface area contributed by atoms with E-state index < -0.39 is 0 Å². The lowest BCUT2D eigenvalue weighted by Crippen LogP contribution is -2.50. The molecule has 2 aliphatic heterocycles. The monoisotopic (exact) mass is 212 g/mol. The first-order valence-electron chi connectivity index (χ1n) is 6.33. The van der Waals surface area contributed by atoms with Crippen molar-refractivity contribution < 1.29 is 0 Å². The molecule has 88 valence electrons. The molecule has 4 heteroatoms. The summed E-state index contributed by atoms with van der Waals surface area (Å²) in [6.07, 6.45) is 5.25. The van der Waals surface area contributed by atoms with Gasteiger partial charge in [-0.15, -0.1) is 0 Å². The lowest BCUT2D eigenvalue weighted by molar-refractivity contribution is 0.338. The van der Waals surface area contributed by atoms with Crippen LogP contribution in [0.2, 0.25) is 0 Å². The largest absolute Gasteiger partial charge is 0.315 e. The van der Waals surface area contributed by atoms with Crippen LogP contribution in [0, 0.1) is 0 Å². The number of piperidine rings is 2. The van der Waals surface area contributed by atoms with Crippen LogP contribution >= 0.6 is 0 Å². The van der Waals surface area contributed by atoms with Gasteiger partial charge in [0.05, 0.1) is 0 Å². The standard InChI is InChI=1S/C11H24N4/c1-3-10(7-12-5-1)14-9-15-11-4-2-6-13-8-11/h10-15H,1-9H2. The maximum Gasteiger partial charge on any atom is 0.0459 e. The summed E-state index contributed by atoms with van der Waals surface area (Å²) in [6, 6.07) is 1.34. The van der Waals surface area contributed by atoms with Crippen molar-refractivity contribution in [2.75, 3.05) is 32.8 Å². The van der Waals surface area contributed by atoms with Crippen molar-refractivity contribution in [3.8, 4) is 0 Å². The quantitative estimate of drug-likeness (QED) is 0.480. The summed E-state index contributed by atoms with van der Waals surface area (Å²) in [5.41, 5.74) is 0. The molecule has 2 saturated heterocycles. The van der Waals surface area contributed by atoms with Crippen LogP contribution in [0.25, 0.3) is 0 Å². The Morgan fingerprint density at radius 2 is 1.40 bits per heavy atom. The van der Waals surface area contributed by atoms with E-state index in [1.54, 1.807) is 0 Å². The van der Waals surface area contributed by atoms with Gasteiger partial charge in [0.15, 0.2) is 0 Å².